The second-order valence-electron chi connectivity index (χ2n) is 16.3. The Labute approximate surface area is 371 Å². The normalized spacial score (nSPS) is 13.8. The minimum absolute atomic E-state index is 0.291. The fraction of sp³-hybridized carbons (Fsp3) is 0.348. The van der Waals surface area contributed by atoms with E-state index in [1.165, 1.54) is 48.5 Å². The van der Waals surface area contributed by atoms with E-state index in [4.69, 9.17) is 26.8 Å². The number of nitrogens with two attached hydrogens (primary N) is 1. The summed E-state index contributed by atoms with van der Waals surface area (Å²) in [5, 5.41) is 21.2. The maximum Gasteiger partial charge on any atom is 0.410 e. The van der Waals surface area contributed by atoms with Crippen molar-refractivity contribution in [2.45, 2.75) is 52.7 Å². The van der Waals surface area contributed by atoms with Crippen LogP contribution in [-0.2, 0) is 9.47 Å². The molecule has 332 valence electrons. The zero-order valence-corrected chi connectivity index (χ0v) is 36.8. The highest BCUT2D eigenvalue weighted by Crippen LogP contribution is 2.29. The molecule has 2 aliphatic heterocycles. The van der Waals surface area contributed by atoms with Gasteiger partial charge in [-0.1, -0.05) is 12.1 Å². The van der Waals surface area contributed by atoms with Gasteiger partial charge in [-0.05, 0) is 126 Å². The molecule has 2 aliphatic rings. The molecule has 3 amide bonds. The fourth-order valence-corrected chi connectivity index (χ4v) is 6.38. The summed E-state index contributed by atoms with van der Waals surface area (Å²) in [6.07, 6.45) is -0.645. The van der Waals surface area contributed by atoms with E-state index in [2.05, 4.69) is 22.4 Å². The average molecular weight is 885 g/mol. The number of ether oxygens (including phenoxy) is 2. The molecule has 2 saturated heterocycles. The van der Waals surface area contributed by atoms with E-state index in [1.807, 2.05) is 64.6 Å². The maximum atomic E-state index is 13.1. The van der Waals surface area contributed by atoms with E-state index in [-0.39, 0.29) is 18.0 Å². The van der Waals surface area contributed by atoms with Crippen LogP contribution in [0.1, 0.15) is 73.4 Å². The smallest absolute Gasteiger partial charge is 0.410 e. The van der Waals surface area contributed by atoms with Crippen LogP contribution in [0, 0.1) is 34.3 Å². The third-order valence-corrected chi connectivity index (χ3v) is 9.53. The predicted octanol–water partition coefficient (Wildman–Crippen LogP) is 8.41. The van der Waals surface area contributed by atoms with E-state index in [0.29, 0.717) is 91.7 Å². The van der Waals surface area contributed by atoms with Gasteiger partial charge in [-0.2, -0.15) is 10.5 Å². The Kier molecular flexibility index (Phi) is 16.8. The first-order valence-electron chi connectivity index (χ1n) is 20.0. The largest absolute Gasteiger partial charge is 0.444 e. The molecule has 2 heterocycles. The molecular weight excluding hydrogens is 834 g/mol. The minimum Gasteiger partial charge on any atom is -0.444 e. The topological polar surface area (TPSA) is 185 Å². The van der Waals surface area contributed by atoms with Crippen LogP contribution in [-0.4, -0.2) is 96.7 Å². The number of hydrogen-bond donors (Lipinski definition) is 2. The number of benzene rings is 4. The van der Waals surface area contributed by atoms with Gasteiger partial charge >= 0.3 is 12.2 Å². The van der Waals surface area contributed by atoms with Crippen LogP contribution >= 0.6 is 11.6 Å². The Morgan fingerprint density at radius 2 is 1.02 bits per heavy atom. The Hall–Kier alpha value is -6.91. The van der Waals surface area contributed by atoms with Gasteiger partial charge in [0.05, 0.1) is 33.9 Å². The molecule has 0 radical (unpaired) electrons. The highest BCUT2D eigenvalue weighted by molar-refractivity contribution is 6.67. The van der Waals surface area contributed by atoms with Crippen molar-refractivity contribution in [3.05, 3.63) is 119 Å². The number of nitrogens with zero attached hydrogens (tertiary/aromatic N) is 6. The second-order valence-corrected chi connectivity index (χ2v) is 16.7. The van der Waals surface area contributed by atoms with Gasteiger partial charge in [0.15, 0.2) is 0 Å². The van der Waals surface area contributed by atoms with Crippen molar-refractivity contribution >= 4 is 57.7 Å². The standard InChI is InChI=1S/C23H25FN4O3.C16H22N4O2.C7H4ClFO/c1-23(2,3)31-22(30)28-13-11-27(12-14-28)20-6-4-5-19(18(20)15-25)26-21(29)16-7-9-17(24)10-8-16;1-16(2,3)22-15(21)20-9-7-19(8-10-20)14-6-4-5-13(18)12(14)11-17;8-7(10)5-1-3-6(9)4-2-5/h4-10H,11-14H2,1-3H3,(H,26,29);4-6H,7-10,18H2,1-3H3;1-4H. The number of anilines is 4. The van der Waals surface area contributed by atoms with Gasteiger partial charge in [-0.15, -0.1) is 0 Å². The molecule has 63 heavy (non-hydrogen) atoms. The van der Waals surface area contributed by atoms with E-state index >= 15 is 0 Å². The number of rotatable bonds is 5. The van der Waals surface area contributed by atoms with Crippen LogP contribution in [0.3, 0.4) is 0 Å². The van der Waals surface area contributed by atoms with E-state index in [1.54, 1.807) is 28.0 Å². The number of nitriles is 2. The summed E-state index contributed by atoms with van der Waals surface area (Å²) in [5.74, 6) is -1.23. The van der Waals surface area contributed by atoms with Crippen molar-refractivity contribution in [2.24, 2.45) is 0 Å². The summed E-state index contributed by atoms with van der Waals surface area (Å²) < 4.78 is 36.1. The first-order chi connectivity index (χ1) is 29.7. The van der Waals surface area contributed by atoms with Gasteiger partial charge in [0, 0.05) is 63.5 Å². The molecule has 4 aromatic carbocycles. The molecule has 0 aromatic heterocycles. The quantitative estimate of drug-likeness (QED) is 0.145. The molecule has 0 bridgehead atoms. The molecule has 0 atom stereocenters. The van der Waals surface area contributed by atoms with Crippen LogP contribution < -0.4 is 20.9 Å². The van der Waals surface area contributed by atoms with Crippen molar-refractivity contribution in [2.75, 3.05) is 73.2 Å². The average Bonchev–Trinajstić information content (AvgIpc) is 3.23. The molecule has 0 saturated carbocycles. The zero-order chi connectivity index (χ0) is 46.5. The number of nitrogens with one attached hydrogen (secondary N) is 1. The molecule has 0 aliphatic carbocycles. The van der Waals surface area contributed by atoms with Crippen molar-refractivity contribution in [1.82, 2.24) is 9.80 Å². The van der Waals surface area contributed by atoms with Crippen molar-refractivity contribution in [1.29, 1.82) is 10.5 Å². The third kappa shape index (κ3) is 14.6. The molecule has 0 spiro atoms. The van der Waals surface area contributed by atoms with Crippen LogP contribution in [0.15, 0.2) is 84.9 Å². The van der Waals surface area contributed by atoms with Crippen LogP contribution in [0.25, 0.3) is 0 Å². The summed E-state index contributed by atoms with van der Waals surface area (Å²) in [4.78, 5) is 54.6. The SMILES string of the molecule is CC(C)(C)OC(=O)N1CCN(c2cccc(N)c2C#N)CC1.CC(C)(C)OC(=O)N1CCN(c2cccc(NC(=O)c3ccc(F)cc3)c2C#N)CC1.O=C(Cl)c1ccc(F)cc1. The molecule has 6 rings (SSSR count). The Morgan fingerprint density at radius 1 is 0.619 bits per heavy atom. The number of halogens is 3. The predicted molar refractivity (Wildman–Crippen MR) is 238 cm³/mol. The fourth-order valence-electron chi connectivity index (χ4n) is 6.26. The van der Waals surface area contributed by atoms with Crippen LogP contribution in [0.5, 0.6) is 0 Å². The Bertz CT molecular complexity index is 2320. The zero-order valence-electron chi connectivity index (χ0n) is 36.1. The molecule has 3 N–H and O–H groups in total. The highest BCUT2D eigenvalue weighted by Gasteiger charge is 2.29. The third-order valence-electron chi connectivity index (χ3n) is 9.31. The number of piperazine rings is 2. The summed E-state index contributed by atoms with van der Waals surface area (Å²) in [6, 6.07) is 25.2. The number of amides is 3. The van der Waals surface area contributed by atoms with E-state index < -0.39 is 28.2 Å². The van der Waals surface area contributed by atoms with Gasteiger partial charge < -0.3 is 40.1 Å². The van der Waals surface area contributed by atoms with Crippen LogP contribution in [0.4, 0.5) is 41.1 Å². The Morgan fingerprint density at radius 3 is 1.41 bits per heavy atom. The summed E-state index contributed by atoms with van der Waals surface area (Å²) in [7, 11) is 0. The van der Waals surface area contributed by atoms with Crippen molar-refractivity contribution in [3.63, 3.8) is 0 Å². The van der Waals surface area contributed by atoms with E-state index in [0.717, 1.165) is 5.69 Å². The van der Waals surface area contributed by atoms with E-state index in [9.17, 15) is 38.5 Å². The van der Waals surface area contributed by atoms with Crippen molar-refractivity contribution in [3.8, 4) is 12.1 Å². The monoisotopic (exact) mass is 884 g/mol. The first-order valence-corrected chi connectivity index (χ1v) is 20.4. The molecule has 2 fully saturated rings. The molecule has 17 heteroatoms. The van der Waals surface area contributed by atoms with Gasteiger partial charge in [-0.3, -0.25) is 9.59 Å². The number of carbonyl (C=O) groups is 4. The van der Waals surface area contributed by atoms with Gasteiger partial charge in [-0.25, -0.2) is 18.4 Å². The summed E-state index contributed by atoms with van der Waals surface area (Å²) >= 11 is 5.09. The highest BCUT2D eigenvalue weighted by atomic mass is 35.5. The van der Waals surface area contributed by atoms with Gasteiger partial charge in [0.25, 0.3) is 11.1 Å². The molecule has 4 aromatic rings. The lowest BCUT2D eigenvalue weighted by molar-refractivity contribution is 0.0230. The minimum atomic E-state index is -0.569. The lowest BCUT2D eigenvalue weighted by atomic mass is 10.1. The van der Waals surface area contributed by atoms with Gasteiger partial charge in [0.2, 0.25) is 0 Å². The summed E-state index contributed by atoms with van der Waals surface area (Å²) in [6.45, 7) is 15.5. The lowest BCUT2D eigenvalue weighted by Crippen LogP contribution is -2.50. The molecule has 14 nitrogen and oxygen atoms in total. The lowest BCUT2D eigenvalue weighted by Gasteiger charge is -2.37. The van der Waals surface area contributed by atoms with Crippen LogP contribution in [0.2, 0.25) is 0 Å². The maximum absolute atomic E-state index is 13.1. The summed E-state index contributed by atoms with van der Waals surface area (Å²) in [5.41, 5.74) is 8.60. The van der Waals surface area contributed by atoms with Gasteiger partial charge in [0.1, 0.15) is 35.0 Å². The van der Waals surface area contributed by atoms with Crippen molar-refractivity contribution < 1.29 is 37.4 Å². The molecular formula is C46H51ClF2N8O6. The second kappa shape index (κ2) is 21.7. The first kappa shape index (κ1) is 48.8. The number of carbonyl (C=O) groups excluding carboxylic acids is 4. The molecule has 0 unspecified atom stereocenters. The Balaban J connectivity index is 0.000000235. The number of hydrogen-bond acceptors (Lipinski definition) is 11. The number of nitrogen functional groups attached to an aromatic ring is 1.